The van der Waals surface area contributed by atoms with E-state index in [0.717, 1.165) is 11.6 Å². The van der Waals surface area contributed by atoms with Crippen molar-refractivity contribution >= 4 is 11.3 Å². The summed E-state index contributed by atoms with van der Waals surface area (Å²) in [7, 11) is 0. The molecule has 0 aliphatic rings. The summed E-state index contributed by atoms with van der Waals surface area (Å²) in [6.45, 7) is 0. The molecule has 0 aliphatic heterocycles. The molecular formula is C10H5F2S. The molecule has 1 heterocycles. The van der Waals surface area contributed by atoms with E-state index in [4.69, 9.17) is 0 Å². The molecular weight excluding hydrogens is 190 g/mol. The minimum atomic E-state index is -0.817. The normalized spacial score (nSPS) is 10.3. The smallest absolute Gasteiger partial charge is 0.159 e. The Balaban J connectivity index is 2.49. The van der Waals surface area contributed by atoms with E-state index in [1.807, 2.05) is 5.38 Å². The minimum absolute atomic E-state index is 0.677. The average molecular weight is 195 g/mol. The molecule has 1 radical (unpaired) electrons. The fourth-order valence-electron chi connectivity index (χ4n) is 1.06. The lowest BCUT2D eigenvalue weighted by Crippen LogP contribution is -1.83. The molecule has 1 aromatic heterocycles. The molecule has 2 rings (SSSR count). The lowest BCUT2D eigenvalue weighted by atomic mass is 10.1. The first kappa shape index (κ1) is 8.38. The van der Waals surface area contributed by atoms with Crippen LogP contribution < -0.4 is 0 Å². The molecule has 0 N–H and O–H groups in total. The maximum absolute atomic E-state index is 12.8. The van der Waals surface area contributed by atoms with Gasteiger partial charge in [0.05, 0.1) is 0 Å². The first-order valence-electron chi connectivity index (χ1n) is 3.67. The van der Waals surface area contributed by atoms with E-state index >= 15 is 0 Å². The highest BCUT2D eigenvalue weighted by Crippen LogP contribution is 2.23. The number of thiophene rings is 1. The molecule has 1 aromatic carbocycles. The van der Waals surface area contributed by atoms with Crippen molar-refractivity contribution in [2.45, 2.75) is 0 Å². The molecule has 13 heavy (non-hydrogen) atoms. The molecule has 65 valence electrons. The lowest BCUT2D eigenvalue weighted by Gasteiger charge is -1.97. The topological polar surface area (TPSA) is 0 Å². The summed E-state index contributed by atoms with van der Waals surface area (Å²) in [5.41, 5.74) is 1.54. The van der Waals surface area contributed by atoms with E-state index in [0.29, 0.717) is 5.56 Å². The van der Waals surface area contributed by atoms with Gasteiger partial charge >= 0.3 is 0 Å². The highest BCUT2D eigenvalue weighted by Gasteiger charge is 2.03. The molecule has 0 atom stereocenters. The van der Waals surface area contributed by atoms with Gasteiger partial charge in [-0.15, -0.1) is 11.3 Å². The van der Waals surface area contributed by atoms with Crippen molar-refractivity contribution in [2.75, 3.05) is 0 Å². The molecule has 3 heteroatoms. The minimum Gasteiger partial charge on any atom is -0.204 e. The molecule has 2 aromatic rings. The van der Waals surface area contributed by atoms with Crippen molar-refractivity contribution in [3.05, 3.63) is 46.7 Å². The van der Waals surface area contributed by atoms with E-state index in [1.54, 1.807) is 12.1 Å². The van der Waals surface area contributed by atoms with Crippen LogP contribution in [0.5, 0.6) is 0 Å². The van der Waals surface area contributed by atoms with Crippen LogP contribution in [0.1, 0.15) is 0 Å². The maximum atomic E-state index is 12.8. The van der Waals surface area contributed by atoms with Crippen molar-refractivity contribution in [3.8, 4) is 11.1 Å². The second kappa shape index (κ2) is 3.26. The van der Waals surface area contributed by atoms with Gasteiger partial charge in [0, 0.05) is 5.38 Å². The van der Waals surface area contributed by atoms with Crippen molar-refractivity contribution in [1.82, 2.24) is 0 Å². The van der Waals surface area contributed by atoms with Gasteiger partial charge in [-0.05, 0) is 34.7 Å². The summed E-state index contributed by atoms with van der Waals surface area (Å²) in [4.78, 5) is 0. The van der Waals surface area contributed by atoms with Crippen LogP contribution >= 0.6 is 11.3 Å². The molecule has 0 bridgehead atoms. The zero-order valence-electron chi connectivity index (χ0n) is 6.55. The third-order valence-electron chi connectivity index (χ3n) is 1.72. The Morgan fingerprint density at radius 3 is 2.54 bits per heavy atom. The van der Waals surface area contributed by atoms with Gasteiger partial charge in [-0.2, -0.15) is 0 Å². The third kappa shape index (κ3) is 1.60. The Labute approximate surface area is 78.5 Å². The van der Waals surface area contributed by atoms with Gasteiger partial charge < -0.3 is 0 Å². The van der Waals surface area contributed by atoms with Crippen LogP contribution in [0.2, 0.25) is 0 Å². The standard InChI is InChI=1S/C10H5F2S/c11-9-2-1-7(5-10(9)12)8-3-4-13-6-8/h1-3,5-6H. The fraction of sp³-hybridized carbons (Fsp3) is 0. The van der Waals surface area contributed by atoms with Crippen molar-refractivity contribution in [1.29, 1.82) is 0 Å². The molecule has 0 saturated heterocycles. The van der Waals surface area contributed by atoms with Gasteiger partial charge in [-0.25, -0.2) is 8.78 Å². The molecule has 0 aliphatic carbocycles. The van der Waals surface area contributed by atoms with Crippen molar-refractivity contribution in [3.63, 3.8) is 0 Å². The van der Waals surface area contributed by atoms with Crippen molar-refractivity contribution < 1.29 is 8.78 Å². The molecule has 0 saturated carbocycles. The summed E-state index contributed by atoms with van der Waals surface area (Å²) in [5, 5.41) is 4.73. The van der Waals surface area contributed by atoms with Gasteiger partial charge in [-0.1, -0.05) is 6.07 Å². The molecule has 0 spiro atoms. The van der Waals surface area contributed by atoms with Gasteiger partial charge in [0.2, 0.25) is 0 Å². The summed E-state index contributed by atoms with van der Waals surface area (Å²) in [6.07, 6.45) is 0. The number of halogens is 2. The molecule has 0 amide bonds. The highest BCUT2D eigenvalue weighted by molar-refractivity contribution is 7.07. The Morgan fingerprint density at radius 2 is 1.92 bits per heavy atom. The van der Waals surface area contributed by atoms with E-state index < -0.39 is 11.6 Å². The van der Waals surface area contributed by atoms with Gasteiger partial charge in [-0.3, -0.25) is 0 Å². The molecule has 0 fully saturated rings. The molecule has 0 nitrogen and oxygen atoms in total. The average Bonchev–Trinajstić information content (AvgIpc) is 2.62. The number of hydrogen-bond donors (Lipinski definition) is 0. The Bertz CT molecular complexity index is 407. The number of benzene rings is 1. The van der Waals surface area contributed by atoms with Crippen molar-refractivity contribution in [2.24, 2.45) is 0 Å². The van der Waals surface area contributed by atoms with Gasteiger partial charge in [0.25, 0.3) is 0 Å². The predicted octanol–water partition coefficient (Wildman–Crippen LogP) is 3.49. The van der Waals surface area contributed by atoms with E-state index in [2.05, 4.69) is 5.38 Å². The summed E-state index contributed by atoms with van der Waals surface area (Å²) >= 11 is 1.40. The zero-order valence-corrected chi connectivity index (χ0v) is 7.37. The van der Waals surface area contributed by atoms with Crippen LogP contribution in [0.25, 0.3) is 11.1 Å². The second-order valence-electron chi connectivity index (χ2n) is 2.58. The number of rotatable bonds is 1. The maximum Gasteiger partial charge on any atom is 0.159 e. The second-order valence-corrected chi connectivity index (χ2v) is 3.29. The quantitative estimate of drug-likeness (QED) is 0.653. The van der Waals surface area contributed by atoms with Crippen LogP contribution in [-0.2, 0) is 0 Å². The van der Waals surface area contributed by atoms with Gasteiger partial charge in [0.15, 0.2) is 11.6 Å². The summed E-state index contributed by atoms with van der Waals surface area (Å²) in [5.74, 6) is -1.63. The first-order valence-corrected chi connectivity index (χ1v) is 4.55. The molecule has 0 unspecified atom stereocenters. The fourth-order valence-corrected chi connectivity index (χ4v) is 1.65. The first-order chi connectivity index (χ1) is 6.27. The van der Waals surface area contributed by atoms with Crippen LogP contribution in [0.4, 0.5) is 8.78 Å². The summed E-state index contributed by atoms with van der Waals surface area (Å²) < 4.78 is 25.3. The third-order valence-corrected chi connectivity index (χ3v) is 2.35. The van der Waals surface area contributed by atoms with Crippen LogP contribution in [-0.4, -0.2) is 0 Å². The summed E-state index contributed by atoms with van der Waals surface area (Å²) in [6, 6.07) is 5.61. The largest absolute Gasteiger partial charge is 0.204 e. The highest BCUT2D eigenvalue weighted by atomic mass is 32.1. The SMILES string of the molecule is Fc1ccc(-c2c[c]sc2)cc1F. The van der Waals surface area contributed by atoms with Gasteiger partial charge in [0.1, 0.15) is 0 Å². The predicted molar refractivity (Wildman–Crippen MR) is 48.5 cm³/mol. The van der Waals surface area contributed by atoms with Crippen LogP contribution in [0.3, 0.4) is 0 Å². The lowest BCUT2D eigenvalue weighted by molar-refractivity contribution is 0.509. The Morgan fingerprint density at radius 1 is 1.08 bits per heavy atom. The Kier molecular flexibility index (Phi) is 2.10. The zero-order chi connectivity index (χ0) is 9.26. The van der Waals surface area contributed by atoms with E-state index in [9.17, 15) is 8.78 Å². The van der Waals surface area contributed by atoms with Crippen LogP contribution in [0, 0.1) is 17.0 Å². The van der Waals surface area contributed by atoms with E-state index in [1.165, 1.54) is 17.4 Å². The van der Waals surface area contributed by atoms with E-state index in [-0.39, 0.29) is 0 Å². The Hall–Kier alpha value is -1.22. The number of hydrogen-bond acceptors (Lipinski definition) is 1. The van der Waals surface area contributed by atoms with Crippen LogP contribution in [0.15, 0.2) is 29.6 Å². The monoisotopic (exact) mass is 195 g/mol.